The molecule has 1 aromatic rings. The van der Waals surface area contributed by atoms with Gasteiger partial charge in [-0.15, -0.1) is 0 Å². The molecule has 0 saturated heterocycles. The molecule has 0 fully saturated rings. The number of hydrogen-bond acceptors (Lipinski definition) is 3. The van der Waals surface area contributed by atoms with Crippen LogP contribution < -0.4 is 8.67 Å². The van der Waals surface area contributed by atoms with Crippen molar-refractivity contribution in [2.75, 3.05) is 0 Å². The molecule has 0 radical (unpaired) electrons. The summed E-state index contributed by atoms with van der Waals surface area (Å²) in [6.45, 7) is 0. The van der Waals surface area contributed by atoms with Gasteiger partial charge >= 0.3 is 80.0 Å². The predicted molar refractivity (Wildman–Crippen MR) is 39.2 cm³/mol. The van der Waals surface area contributed by atoms with Crippen LogP contribution in [0.5, 0.6) is 0 Å². The minimum atomic E-state index is -0.325. The third-order valence-corrected chi connectivity index (χ3v) is 2.29. The molecule has 2 N–H and O–H groups in total. The number of nitrogens with one attached hydrogen (secondary N) is 2. The molecule has 13 heavy (non-hydrogen) atoms. The quantitative estimate of drug-likeness (QED) is 0.576. The van der Waals surface area contributed by atoms with E-state index in [4.69, 9.17) is 0 Å². The van der Waals surface area contributed by atoms with Crippen molar-refractivity contribution in [3.63, 3.8) is 0 Å². The van der Waals surface area contributed by atoms with Crippen LogP contribution in [-0.2, 0) is 15.4 Å². The van der Waals surface area contributed by atoms with Crippen molar-refractivity contribution < 1.29 is 25.0 Å². The predicted octanol–water partition coefficient (Wildman–Crippen LogP) is -0.533. The molecule has 1 aromatic heterocycles. The number of amides is 2. The van der Waals surface area contributed by atoms with Crippen LogP contribution in [-0.4, -0.2) is 16.8 Å². The number of carbonyl (C=O) groups excluding carboxylic acids is 2. The molecule has 2 heterocycles. The van der Waals surface area contributed by atoms with Gasteiger partial charge in [0.05, 0.1) is 0 Å². The van der Waals surface area contributed by atoms with Crippen molar-refractivity contribution in [3.8, 4) is 0 Å². The first-order valence-corrected chi connectivity index (χ1v) is 4.55. The second kappa shape index (κ2) is 3.16. The molecule has 2 rings (SSSR count). The summed E-state index contributed by atoms with van der Waals surface area (Å²) in [6, 6.07) is 3.19. The van der Waals surface area contributed by atoms with E-state index in [-0.39, 0.29) is 32.9 Å². The fourth-order valence-corrected chi connectivity index (χ4v) is 1.56. The van der Waals surface area contributed by atoms with Gasteiger partial charge < -0.3 is 0 Å². The monoisotopic (exact) mass is 219 g/mol. The van der Waals surface area contributed by atoms with Crippen LogP contribution in [0.15, 0.2) is 18.3 Å². The molecular formula is C7H5FeN3O2. The molecule has 6 heteroatoms. The molecule has 1 aliphatic rings. The first kappa shape index (κ1) is 8.22. The normalized spacial score (nSPS) is 16.0. The molecule has 0 bridgehead atoms. The molecule has 1 aliphatic heterocycles. The van der Waals surface area contributed by atoms with Crippen LogP contribution in [0.1, 0.15) is 20.8 Å². The SMILES string of the molecule is O=C1[NH][Fe][NH]C(=O)c2ncccc21. The Bertz CT molecular complexity index is 345. The minimum absolute atomic E-state index is 0.147. The third kappa shape index (κ3) is 1.41. The summed E-state index contributed by atoms with van der Waals surface area (Å²) in [5.41, 5.74) is 0.495. The number of pyridine rings is 1. The van der Waals surface area contributed by atoms with E-state index in [2.05, 4.69) is 13.7 Å². The van der Waals surface area contributed by atoms with Crippen molar-refractivity contribution >= 4 is 11.8 Å². The van der Waals surface area contributed by atoms with Gasteiger partial charge in [-0.25, -0.2) is 0 Å². The summed E-state index contributed by atoms with van der Waals surface area (Å²) in [5, 5.41) is 0. The number of fused-ring (bicyclic) bond motifs is 1. The zero-order chi connectivity index (χ0) is 9.26. The molecule has 0 aromatic carbocycles. The first-order chi connectivity index (χ1) is 6.29. The van der Waals surface area contributed by atoms with Crippen LogP contribution in [0.3, 0.4) is 0 Å². The van der Waals surface area contributed by atoms with Crippen molar-refractivity contribution in [2.24, 2.45) is 0 Å². The molecule has 5 nitrogen and oxygen atoms in total. The Morgan fingerprint density at radius 1 is 1.23 bits per heavy atom. The van der Waals surface area contributed by atoms with E-state index < -0.39 is 0 Å². The van der Waals surface area contributed by atoms with Gasteiger partial charge in [-0.2, -0.15) is 0 Å². The zero-order valence-electron chi connectivity index (χ0n) is 6.35. The third-order valence-electron chi connectivity index (χ3n) is 1.52. The fraction of sp³-hybridized carbons (Fsp3) is 0. The standard InChI is InChI=1S/C7H7N3O2.Fe/c8-6(11)4-2-1-3-10-5(4)7(9)12;/h1-3H,(H4,8,9,11,12);/q;+2/p-2. The Labute approximate surface area is 80.5 Å². The van der Waals surface area contributed by atoms with Gasteiger partial charge in [0.25, 0.3) is 0 Å². The van der Waals surface area contributed by atoms with E-state index in [1.54, 1.807) is 12.1 Å². The average molecular weight is 219 g/mol. The van der Waals surface area contributed by atoms with Crippen LogP contribution in [0.4, 0.5) is 0 Å². The number of carbonyl (C=O) groups is 2. The number of hydrogen-bond donors (Lipinski definition) is 2. The summed E-state index contributed by atoms with van der Waals surface area (Å²) >= 11 is 0.147. The van der Waals surface area contributed by atoms with Crippen LogP contribution in [0, 0.1) is 0 Å². The van der Waals surface area contributed by atoms with Crippen molar-refractivity contribution in [2.45, 2.75) is 0 Å². The molecule has 68 valence electrons. The molecule has 0 atom stereocenters. The second-order valence-electron chi connectivity index (χ2n) is 2.32. The van der Waals surface area contributed by atoms with Gasteiger partial charge in [0.15, 0.2) is 0 Å². The van der Waals surface area contributed by atoms with Gasteiger partial charge in [0.1, 0.15) is 0 Å². The topological polar surface area (TPSA) is 71.1 Å². The summed E-state index contributed by atoms with van der Waals surface area (Å²) in [6.07, 6.45) is 1.48. The summed E-state index contributed by atoms with van der Waals surface area (Å²) in [7, 11) is 0. The zero-order valence-corrected chi connectivity index (χ0v) is 7.45. The average Bonchev–Trinajstić information content (AvgIpc) is 2.29. The molecule has 0 aliphatic carbocycles. The van der Waals surface area contributed by atoms with Gasteiger partial charge in [0.2, 0.25) is 0 Å². The number of rotatable bonds is 0. The molecule has 0 spiro atoms. The van der Waals surface area contributed by atoms with E-state index in [1.807, 2.05) is 0 Å². The van der Waals surface area contributed by atoms with Crippen LogP contribution in [0.2, 0.25) is 0 Å². The van der Waals surface area contributed by atoms with Crippen LogP contribution >= 0.6 is 0 Å². The second-order valence-corrected chi connectivity index (χ2v) is 3.15. The summed E-state index contributed by atoms with van der Waals surface area (Å²) in [4.78, 5) is 26.4. The molecular weight excluding hydrogens is 214 g/mol. The fourth-order valence-electron chi connectivity index (χ4n) is 0.961. The Balaban J connectivity index is 2.57. The Morgan fingerprint density at radius 3 is 2.85 bits per heavy atom. The molecule has 0 unspecified atom stereocenters. The van der Waals surface area contributed by atoms with Crippen molar-refractivity contribution in [1.82, 2.24) is 13.7 Å². The molecule has 2 amide bonds. The van der Waals surface area contributed by atoms with E-state index in [0.717, 1.165) is 0 Å². The van der Waals surface area contributed by atoms with Gasteiger partial charge in [-0.05, 0) is 0 Å². The van der Waals surface area contributed by atoms with Gasteiger partial charge in [-0.1, -0.05) is 0 Å². The van der Waals surface area contributed by atoms with Gasteiger partial charge in [-0.3, -0.25) is 0 Å². The Hall–Kier alpha value is -1.39. The van der Waals surface area contributed by atoms with Crippen molar-refractivity contribution in [3.05, 3.63) is 29.6 Å². The van der Waals surface area contributed by atoms with Crippen LogP contribution in [0.25, 0.3) is 0 Å². The number of nitrogens with zero attached hydrogens (tertiary/aromatic N) is 1. The summed E-state index contributed by atoms with van der Waals surface area (Å²) < 4.78 is 5.02. The van der Waals surface area contributed by atoms with E-state index >= 15 is 0 Å². The first-order valence-electron chi connectivity index (χ1n) is 3.45. The van der Waals surface area contributed by atoms with E-state index in [0.29, 0.717) is 5.56 Å². The number of aromatic nitrogens is 1. The maximum atomic E-state index is 11.3. The van der Waals surface area contributed by atoms with E-state index in [9.17, 15) is 9.59 Å². The maximum absolute atomic E-state index is 11.3. The molecule has 0 saturated carbocycles. The van der Waals surface area contributed by atoms with Crippen molar-refractivity contribution in [1.29, 1.82) is 0 Å². The Kier molecular flexibility index (Phi) is 2.00. The summed E-state index contributed by atoms with van der Waals surface area (Å²) in [5.74, 6) is -0.601. The van der Waals surface area contributed by atoms with E-state index in [1.165, 1.54) is 6.20 Å². The van der Waals surface area contributed by atoms with Gasteiger partial charge in [0, 0.05) is 0 Å². The Morgan fingerprint density at radius 2 is 2.00 bits per heavy atom.